The first-order chi connectivity index (χ1) is 11.2. The van der Waals surface area contributed by atoms with Gasteiger partial charge in [0.2, 0.25) is 10.0 Å². The smallest absolute Gasteiger partial charge is 0.335 e. The molecular weight excluding hydrogens is 330 g/mol. The van der Waals surface area contributed by atoms with Gasteiger partial charge in [-0.2, -0.15) is 5.10 Å². The van der Waals surface area contributed by atoms with E-state index in [0.29, 0.717) is 17.7 Å². The number of hydrogen-bond donors (Lipinski definition) is 2. The fourth-order valence-electron chi connectivity index (χ4n) is 2.35. The minimum Gasteiger partial charge on any atom is -0.478 e. The van der Waals surface area contributed by atoms with Gasteiger partial charge >= 0.3 is 5.97 Å². The number of rotatable bonds is 7. The van der Waals surface area contributed by atoms with Crippen LogP contribution in [0, 0.1) is 19.8 Å². The van der Waals surface area contributed by atoms with Gasteiger partial charge in [-0.3, -0.25) is 4.68 Å². The first-order valence-electron chi connectivity index (χ1n) is 7.52. The third-order valence-corrected chi connectivity index (χ3v) is 5.39. The lowest BCUT2D eigenvalue weighted by Crippen LogP contribution is -2.31. The second kappa shape index (κ2) is 7.14. The number of aromatic carboxylic acids is 1. The third kappa shape index (κ3) is 4.21. The molecule has 0 bridgehead atoms. The van der Waals surface area contributed by atoms with Crippen molar-refractivity contribution in [1.29, 1.82) is 0 Å². The van der Waals surface area contributed by atoms with Crippen molar-refractivity contribution in [3.05, 3.63) is 47.3 Å². The number of sulfonamides is 1. The van der Waals surface area contributed by atoms with E-state index in [2.05, 4.69) is 9.82 Å². The Morgan fingerprint density at radius 3 is 2.67 bits per heavy atom. The predicted molar refractivity (Wildman–Crippen MR) is 89.5 cm³/mol. The van der Waals surface area contributed by atoms with Crippen LogP contribution in [0.3, 0.4) is 0 Å². The molecule has 1 aromatic carbocycles. The molecule has 1 aromatic heterocycles. The fraction of sp³-hybridized carbons (Fsp3) is 0.375. The van der Waals surface area contributed by atoms with Crippen molar-refractivity contribution in [3.8, 4) is 0 Å². The van der Waals surface area contributed by atoms with Crippen molar-refractivity contribution >= 4 is 16.0 Å². The molecule has 2 N–H and O–H groups in total. The largest absolute Gasteiger partial charge is 0.478 e. The van der Waals surface area contributed by atoms with Gasteiger partial charge in [0.25, 0.3) is 0 Å². The third-order valence-electron chi connectivity index (χ3n) is 3.84. The van der Waals surface area contributed by atoms with Crippen LogP contribution in [-0.4, -0.2) is 35.8 Å². The SMILES string of the molecule is Cc1cc(C(=O)O)cc(S(=O)(=O)NCC(C)Cn2cccn2)c1C. The Morgan fingerprint density at radius 2 is 2.08 bits per heavy atom. The van der Waals surface area contributed by atoms with Gasteiger partial charge in [0.1, 0.15) is 0 Å². The summed E-state index contributed by atoms with van der Waals surface area (Å²) in [4.78, 5) is 11.2. The van der Waals surface area contributed by atoms with E-state index in [1.807, 2.05) is 13.1 Å². The Labute approximate surface area is 141 Å². The van der Waals surface area contributed by atoms with E-state index in [9.17, 15) is 13.2 Å². The molecule has 0 spiro atoms. The van der Waals surface area contributed by atoms with E-state index >= 15 is 0 Å². The summed E-state index contributed by atoms with van der Waals surface area (Å²) in [5.41, 5.74) is 1.13. The number of aromatic nitrogens is 2. The summed E-state index contributed by atoms with van der Waals surface area (Å²) in [7, 11) is -3.79. The summed E-state index contributed by atoms with van der Waals surface area (Å²) >= 11 is 0. The number of benzene rings is 1. The zero-order valence-corrected chi connectivity index (χ0v) is 14.7. The van der Waals surface area contributed by atoms with Gasteiger partial charge in [0.05, 0.1) is 10.5 Å². The van der Waals surface area contributed by atoms with Gasteiger partial charge < -0.3 is 5.11 Å². The van der Waals surface area contributed by atoms with Crippen molar-refractivity contribution in [3.63, 3.8) is 0 Å². The van der Waals surface area contributed by atoms with Crippen LogP contribution < -0.4 is 4.72 Å². The maximum Gasteiger partial charge on any atom is 0.335 e. The highest BCUT2D eigenvalue weighted by Gasteiger charge is 2.21. The van der Waals surface area contributed by atoms with E-state index in [1.54, 1.807) is 30.8 Å². The first-order valence-corrected chi connectivity index (χ1v) is 9.00. The number of carboxylic acids is 1. The highest BCUT2D eigenvalue weighted by molar-refractivity contribution is 7.89. The minimum atomic E-state index is -3.79. The Hall–Kier alpha value is -2.19. The van der Waals surface area contributed by atoms with Crippen LogP contribution in [0.5, 0.6) is 0 Å². The summed E-state index contributed by atoms with van der Waals surface area (Å²) in [5, 5.41) is 13.2. The quantitative estimate of drug-likeness (QED) is 0.792. The van der Waals surface area contributed by atoms with Gasteiger partial charge in [0, 0.05) is 25.5 Å². The molecule has 0 amide bonds. The molecule has 0 fully saturated rings. The standard InChI is InChI=1S/C16H21N3O4S/c1-11(10-19-6-4-5-17-19)9-18-24(22,23)15-8-14(16(20)21)7-12(2)13(15)3/h4-8,11,18H,9-10H2,1-3H3,(H,20,21). The van der Waals surface area contributed by atoms with Crippen LogP contribution in [0.15, 0.2) is 35.5 Å². The maximum atomic E-state index is 12.6. The minimum absolute atomic E-state index is 0.00573. The average molecular weight is 351 g/mol. The molecule has 1 heterocycles. The van der Waals surface area contributed by atoms with Crippen LogP contribution >= 0.6 is 0 Å². The molecule has 1 atom stereocenters. The first kappa shape index (κ1) is 18.2. The molecule has 0 aliphatic rings. The number of nitrogens with zero attached hydrogens (tertiary/aromatic N) is 2. The second-order valence-electron chi connectivity index (χ2n) is 5.91. The average Bonchev–Trinajstić information content (AvgIpc) is 3.00. The molecule has 0 aliphatic carbocycles. The van der Waals surface area contributed by atoms with Crippen molar-refractivity contribution in [2.75, 3.05) is 6.54 Å². The van der Waals surface area contributed by atoms with E-state index in [-0.39, 0.29) is 22.9 Å². The van der Waals surface area contributed by atoms with Crippen LogP contribution in [0.25, 0.3) is 0 Å². The number of carboxylic acid groups (broad SMARTS) is 1. The van der Waals surface area contributed by atoms with Gasteiger partial charge in [-0.25, -0.2) is 17.9 Å². The fourth-order valence-corrected chi connectivity index (χ4v) is 3.86. The highest BCUT2D eigenvalue weighted by atomic mass is 32.2. The Kier molecular flexibility index (Phi) is 5.40. The van der Waals surface area contributed by atoms with Crippen LogP contribution in [0.2, 0.25) is 0 Å². The van der Waals surface area contributed by atoms with E-state index in [1.165, 1.54) is 12.1 Å². The molecule has 130 valence electrons. The predicted octanol–water partition coefficient (Wildman–Crippen LogP) is 1.81. The monoisotopic (exact) mass is 351 g/mol. The maximum absolute atomic E-state index is 12.6. The van der Waals surface area contributed by atoms with Gasteiger partial charge in [-0.1, -0.05) is 6.92 Å². The molecule has 0 radical (unpaired) electrons. The van der Waals surface area contributed by atoms with E-state index < -0.39 is 16.0 Å². The number of carbonyl (C=O) groups is 1. The summed E-state index contributed by atoms with van der Waals surface area (Å²) < 4.78 is 29.4. The molecule has 24 heavy (non-hydrogen) atoms. The summed E-state index contributed by atoms with van der Waals surface area (Å²) in [6, 6.07) is 4.47. The lowest BCUT2D eigenvalue weighted by molar-refractivity contribution is 0.0696. The van der Waals surface area contributed by atoms with Gasteiger partial charge in [-0.05, 0) is 49.1 Å². The van der Waals surface area contributed by atoms with E-state index in [0.717, 1.165) is 0 Å². The lowest BCUT2D eigenvalue weighted by atomic mass is 10.1. The van der Waals surface area contributed by atoms with Gasteiger partial charge in [0.15, 0.2) is 0 Å². The molecule has 1 unspecified atom stereocenters. The molecule has 8 heteroatoms. The zero-order valence-electron chi connectivity index (χ0n) is 13.9. The lowest BCUT2D eigenvalue weighted by Gasteiger charge is -2.15. The Morgan fingerprint density at radius 1 is 1.38 bits per heavy atom. The second-order valence-corrected chi connectivity index (χ2v) is 7.64. The molecule has 2 rings (SSSR count). The van der Waals surface area contributed by atoms with Crippen LogP contribution in [0.1, 0.15) is 28.4 Å². The molecule has 0 aliphatic heterocycles. The topological polar surface area (TPSA) is 101 Å². The van der Waals surface area contributed by atoms with Crippen molar-refractivity contribution < 1.29 is 18.3 Å². The molecule has 2 aromatic rings. The number of hydrogen-bond acceptors (Lipinski definition) is 4. The molecular formula is C16H21N3O4S. The van der Waals surface area contributed by atoms with E-state index in [4.69, 9.17) is 5.11 Å². The number of nitrogens with one attached hydrogen (secondary N) is 1. The van der Waals surface area contributed by atoms with Gasteiger partial charge in [-0.15, -0.1) is 0 Å². The molecule has 7 nitrogen and oxygen atoms in total. The highest BCUT2D eigenvalue weighted by Crippen LogP contribution is 2.21. The molecule has 0 saturated heterocycles. The zero-order chi connectivity index (χ0) is 17.9. The summed E-state index contributed by atoms with van der Waals surface area (Å²) in [6.07, 6.45) is 3.48. The van der Waals surface area contributed by atoms with Crippen molar-refractivity contribution in [2.24, 2.45) is 5.92 Å². The Bertz CT molecular complexity index is 829. The number of aryl methyl sites for hydroxylation is 1. The van der Waals surface area contributed by atoms with Crippen molar-refractivity contribution in [2.45, 2.75) is 32.2 Å². The van der Waals surface area contributed by atoms with Crippen molar-refractivity contribution in [1.82, 2.24) is 14.5 Å². The normalized spacial score (nSPS) is 13.0. The summed E-state index contributed by atoms with van der Waals surface area (Å²) in [6.45, 7) is 6.10. The Balaban J connectivity index is 2.16. The summed E-state index contributed by atoms with van der Waals surface area (Å²) in [5.74, 6) is -1.12. The van der Waals surface area contributed by atoms with Crippen LogP contribution in [0.4, 0.5) is 0 Å². The van der Waals surface area contributed by atoms with Crippen LogP contribution in [-0.2, 0) is 16.6 Å². The molecule has 0 saturated carbocycles.